The molecule has 0 fully saturated rings. The van der Waals surface area contributed by atoms with Crippen molar-refractivity contribution in [2.45, 2.75) is 38.8 Å². The monoisotopic (exact) mass is 293 g/mol. The third-order valence-corrected chi connectivity index (χ3v) is 3.06. The summed E-state index contributed by atoms with van der Waals surface area (Å²) in [5.74, 6) is 0. The first kappa shape index (κ1) is 15.1. The predicted molar refractivity (Wildman–Crippen MR) is 78.3 cm³/mol. The molecular formula is C14H19N3O4. The highest BCUT2D eigenvalue weighted by molar-refractivity contribution is 5.70. The maximum atomic E-state index is 11.8. The van der Waals surface area contributed by atoms with Crippen molar-refractivity contribution in [1.82, 2.24) is 5.32 Å². The number of carbonyl (C=O) groups is 1. The number of amides is 1. The van der Waals surface area contributed by atoms with E-state index >= 15 is 0 Å². The number of nitrogens with one attached hydrogen (secondary N) is 2. The van der Waals surface area contributed by atoms with Crippen molar-refractivity contribution in [3.63, 3.8) is 0 Å². The molecule has 1 amide bonds. The average Bonchev–Trinajstić information content (AvgIpc) is 2.36. The van der Waals surface area contributed by atoms with E-state index in [0.29, 0.717) is 18.7 Å². The van der Waals surface area contributed by atoms with Gasteiger partial charge in [0.25, 0.3) is 5.69 Å². The van der Waals surface area contributed by atoms with Crippen molar-refractivity contribution in [2.24, 2.45) is 0 Å². The lowest BCUT2D eigenvalue weighted by molar-refractivity contribution is -0.384. The van der Waals surface area contributed by atoms with E-state index in [4.69, 9.17) is 4.74 Å². The van der Waals surface area contributed by atoms with Gasteiger partial charge in [-0.05, 0) is 38.8 Å². The van der Waals surface area contributed by atoms with Crippen LogP contribution in [0.2, 0.25) is 0 Å². The zero-order chi connectivity index (χ0) is 15.6. The highest BCUT2D eigenvalue weighted by Crippen LogP contribution is 2.32. The van der Waals surface area contributed by atoms with Gasteiger partial charge in [0, 0.05) is 24.4 Å². The maximum Gasteiger partial charge on any atom is 0.408 e. The normalized spacial score (nSPS) is 17.4. The van der Waals surface area contributed by atoms with E-state index in [9.17, 15) is 14.9 Å². The lowest BCUT2D eigenvalue weighted by Crippen LogP contribution is -2.37. The molecule has 7 heteroatoms. The molecular weight excluding hydrogens is 274 g/mol. The molecule has 0 bridgehead atoms. The summed E-state index contributed by atoms with van der Waals surface area (Å²) in [5, 5.41) is 16.7. The summed E-state index contributed by atoms with van der Waals surface area (Å²) in [6.45, 7) is 6.03. The molecule has 0 saturated carbocycles. The van der Waals surface area contributed by atoms with Crippen LogP contribution in [0, 0.1) is 10.1 Å². The Hall–Kier alpha value is -2.31. The van der Waals surface area contributed by atoms with Gasteiger partial charge in [-0.25, -0.2) is 4.79 Å². The second-order valence-electron chi connectivity index (χ2n) is 5.94. The zero-order valence-corrected chi connectivity index (χ0v) is 12.3. The molecule has 1 atom stereocenters. The number of ether oxygens (including phenoxy) is 1. The van der Waals surface area contributed by atoms with Crippen molar-refractivity contribution in [1.29, 1.82) is 0 Å². The van der Waals surface area contributed by atoms with Crippen molar-refractivity contribution >= 4 is 17.5 Å². The molecule has 0 aliphatic carbocycles. The number of benzene rings is 1. The quantitative estimate of drug-likeness (QED) is 0.646. The average molecular weight is 293 g/mol. The minimum Gasteiger partial charge on any atom is -0.444 e. The minimum atomic E-state index is -0.560. The summed E-state index contributed by atoms with van der Waals surface area (Å²) >= 11 is 0. The molecule has 2 N–H and O–H groups in total. The number of nitrogens with zero attached hydrogens (tertiary/aromatic N) is 1. The molecule has 21 heavy (non-hydrogen) atoms. The first-order chi connectivity index (χ1) is 9.76. The topological polar surface area (TPSA) is 93.5 Å². The molecule has 1 aliphatic rings. The Bertz CT molecular complexity index is 566. The number of carbonyl (C=O) groups excluding carboxylic acids is 1. The van der Waals surface area contributed by atoms with Crippen LogP contribution >= 0.6 is 0 Å². The van der Waals surface area contributed by atoms with Gasteiger partial charge in [0.15, 0.2) is 0 Å². The highest BCUT2D eigenvalue weighted by Gasteiger charge is 2.25. The van der Waals surface area contributed by atoms with E-state index < -0.39 is 16.6 Å². The maximum absolute atomic E-state index is 11.8. The molecule has 114 valence electrons. The predicted octanol–water partition coefficient (Wildman–Crippen LogP) is 2.98. The summed E-state index contributed by atoms with van der Waals surface area (Å²) in [6, 6.07) is 4.38. The molecule has 7 nitrogen and oxygen atoms in total. The van der Waals surface area contributed by atoms with Crippen LogP contribution in [0.4, 0.5) is 16.2 Å². The number of hydrogen-bond donors (Lipinski definition) is 2. The van der Waals surface area contributed by atoms with Gasteiger partial charge in [-0.15, -0.1) is 0 Å². The smallest absolute Gasteiger partial charge is 0.408 e. The van der Waals surface area contributed by atoms with E-state index in [-0.39, 0.29) is 11.7 Å². The number of rotatable bonds is 2. The lowest BCUT2D eigenvalue weighted by atomic mass is 9.97. The van der Waals surface area contributed by atoms with E-state index in [1.807, 2.05) is 0 Å². The molecule has 1 aromatic carbocycles. The molecule has 0 aromatic heterocycles. The first-order valence-electron chi connectivity index (χ1n) is 6.78. The molecule has 0 radical (unpaired) electrons. The first-order valence-corrected chi connectivity index (χ1v) is 6.78. The third kappa shape index (κ3) is 3.84. The van der Waals surface area contributed by atoms with Crippen LogP contribution in [0.15, 0.2) is 18.2 Å². The Labute approximate surface area is 122 Å². The van der Waals surface area contributed by atoms with Gasteiger partial charge >= 0.3 is 6.09 Å². The third-order valence-electron chi connectivity index (χ3n) is 3.06. The van der Waals surface area contributed by atoms with Gasteiger partial charge in [0.05, 0.1) is 11.0 Å². The summed E-state index contributed by atoms with van der Waals surface area (Å²) < 4.78 is 5.24. The van der Waals surface area contributed by atoms with Crippen molar-refractivity contribution in [3.8, 4) is 0 Å². The summed E-state index contributed by atoms with van der Waals surface area (Å²) in [5.41, 5.74) is 0.975. The van der Waals surface area contributed by atoms with Gasteiger partial charge in [0.1, 0.15) is 5.60 Å². The van der Waals surface area contributed by atoms with Gasteiger partial charge in [0.2, 0.25) is 0 Å². The Kier molecular flexibility index (Phi) is 4.02. The number of non-ortho nitro benzene ring substituents is 1. The van der Waals surface area contributed by atoms with Crippen LogP contribution in [-0.2, 0) is 4.74 Å². The number of alkyl carbamates (subject to hydrolysis) is 1. The molecule has 1 aromatic rings. The fourth-order valence-electron chi connectivity index (χ4n) is 2.22. The van der Waals surface area contributed by atoms with Crippen LogP contribution in [0.3, 0.4) is 0 Å². The van der Waals surface area contributed by atoms with E-state index in [2.05, 4.69) is 10.6 Å². The Morgan fingerprint density at radius 1 is 1.48 bits per heavy atom. The summed E-state index contributed by atoms with van der Waals surface area (Å²) in [7, 11) is 0. The van der Waals surface area contributed by atoms with E-state index in [0.717, 1.165) is 5.56 Å². The van der Waals surface area contributed by atoms with Crippen molar-refractivity contribution in [2.75, 3.05) is 11.9 Å². The molecule has 0 saturated heterocycles. The SMILES string of the molecule is CC(C)(C)OC(=O)NC1CCNc2cc([N+](=O)[O-])ccc21. The molecule has 0 spiro atoms. The molecule has 1 heterocycles. The van der Waals surface area contributed by atoms with Crippen LogP contribution in [0.25, 0.3) is 0 Å². The second-order valence-corrected chi connectivity index (χ2v) is 5.94. The highest BCUT2D eigenvalue weighted by atomic mass is 16.6. The van der Waals surface area contributed by atoms with Crippen LogP contribution in [-0.4, -0.2) is 23.2 Å². The zero-order valence-electron chi connectivity index (χ0n) is 12.3. The van der Waals surface area contributed by atoms with Crippen molar-refractivity contribution in [3.05, 3.63) is 33.9 Å². The summed E-state index contributed by atoms with van der Waals surface area (Å²) in [6.07, 6.45) is 0.211. The van der Waals surface area contributed by atoms with E-state index in [1.165, 1.54) is 12.1 Å². The minimum absolute atomic E-state index is 0.0270. The number of hydrogen-bond acceptors (Lipinski definition) is 5. The molecule has 1 unspecified atom stereocenters. The Balaban J connectivity index is 2.15. The van der Waals surface area contributed by atoms with Gasteiger partial charge in [-0.3, -0.25) is 10.1 Å². The Morgan fingerprint density at radius 3 is 2.81 bits per heavy atom. The summed E-state index contributed by atoms with van der Waals surface area (Å²) in [4.78, 5) is 22.2. The lowest BCUT2D eigenvalue weighted by Gasteiger charge is -2.28. The number of fused-ring (bicyclic) bond motifs is 1. The second kappa shape index (κ2) is 5.59. The van der Waals surface area contributed by atoms with Crippen LogP contribution in [0.1, 0.15) is 38.8 Å². The molecule has 1 aliphatic heterocycles. The molecule has 2 rings (SSSR count). The van der Waals surface area contributed by atoms with E-state index in [1.54, 1.807) is 26.8 Å². The number of nitro benzene ring substituents is 1. The van der Waals surface area contributed by atoms with Gasteiger partial charge in [-0.2, -0.15) is 0 Å². The van der Waals surface area contributed by atoms with Crippen molar-refractivity contribution < 1.29 is 14.5 Å². The number of anilines is 1. The number of nitro groups is 1. The standard InChI is InChI=1S/C14H19N3O4/c1-14(2,3)21-13(18)16-11-6-7-15-12-8-9(17(19)20)4-5-10(11)12/h4-5,8,11,15H,6-7H2,1-3H3,(H,16,18). The van der Waals surface area contributed by atoms with Crippen LogP contribution < -0.4 is 10.6 Å². The van der Waals surface area contributed by atoms with Gasteiger partial charge < -0.3 is 15.4 Å². The van der Waals surface area contributed by atoms with Crippen LogP contribution in [0.5, 0.6) is 0 Å². The Morgan fingerprint density at radius 2 is 2.19 bits per heavy atom. The fraction of sp³-hybridized carbons (Fsp3) is 0.500. The largest absolute Gasteiger partial charge is 0.444 e. The van der Waals surface area contributed by atoms with Gasteiger partial charge in [-0.1, -0.05) is 0 Å². The fourth-order valence-corrected chi connectivity index (χ4v) is 2.22.